The van der Waals surface area contributed by atoms with Gasteiger partial charge in [-0.3, -0.25) is 4.79 Å². The SMILES string of the molecule is COC(=O)C(c1ccc(Cl)c(Br)c1)C1CC1. The lowest BCUT2D eigenvalue weighted by Gasteiger charge is -2.14. The van der Waals surface area contributed by atoms with E-state index in [2.05, 4.69) is 15.9 Å². The average Bonchev–Trinajstić information content (AvgIpc) is 3.07. The van der Waals surface area contributed by atoms with E-state index in [0.717, 1.165) is 22.9 Å². The number of esters is 1. The van der Waals surface area contributed by atoms with Gasteiger partial charge in [0.05, 0.1) is 18.1 Å². The predicted molar refractivity (Wildman–Crippen MR) is 66.6 cm³/mol. The highest BCUT2D eigenvalue weighted by Crippen LogP contribution is 2.44. The highest BCUT2D eigenvalue weighted by atomic mass is 79.9. The Balaban J connectivity index is 2.31. The largest absolute Gasteiger partial charge is 0.469 e. The number of carbonyl (C=O) groups excluding carboxylic acids is 1. The average molecular weight is 304 g/mol. The summed E-state index contributed by atoms with van der Waals surface area (Å²) in [5.74, 6) is 0.135. The second-order valence-corrected chi connectivity index (χ2v) is 5.27. The lowest BCUT2D eigenvalue weighted by Crippen LogP contribution is -2.16. The van der Waals surface area contributed by atoms with Crippen LogP contribution in [0.15, 0.2) is 22.7 Å². The van der Waals surface area contributed by atoms with Crippen LogP contribution in [0.1, 0.15) is 24.3 Å². The first-order valence-corrected chi connectivity index (χ1v) is 6.33. The van der Waals surface area contributed by atoms with Crippen LogP contribution in [-0.4, -0.2) is 13.1 Å². The molecule has 0 spiro atoms. The van der Waals surface area contributed by atoms with Crippen LogP contribution in [0.5, 0.6) is 0 Å². The summed E-state index contributed by atoms with van der Waals surface area (Å²) in [5.41, 5.74) is 0.977. The lowest BCUT2D eigenvalue weighted by molar-refractivity contribution is -0.143. The summed E-state index contributed by atoms with van der Waals surface area (Å²) in [5, 5.41) is 0.656. The molecule has 4 heteroatoms. The van der Waals surface area contributed by atoms with Gasteiger partial charge in [0.1, 0.15) is 0 Å². The van der Waals surface area contributed by atoms with E-state index in [-0.39, 0.29) is 11.9 Å². The standard InChI is InChI=1S/C12H12BrClO2/c1-16-12(15)11(7-2-3-7)8-4-5-10(14)9(13)6-8/h4-7,11H,2-3H2,1H3. The number of benzene rings is 1. The van der Waals surface area contributed by atoms with E-state index >= 15 is 0 Å². The lowest BCUT2D eigenvalue weighted by atomic mass is 9.94. The van der Waals surface area contributed by atoms with Crippen molar-refractivity contribution in [2.24, 2.45) is 5.92 Å². The zero-order chi connectivity index (χ0) is 11.7. The molecule has 86 valence electrons. The summed E-state index contributed by atoms with van der Waals surface area (Å²) < 4.78 is 5.67. The van der Waals surface area contributed by atoms with Crippen LogP contribution in [0, 0.1) is 5.92 Å². The van der Waals surface area contributed by atoms with Crippen molar-refractivity contribution in [2.45, 2.75) is 18.8 Å². The Bertz CT molecular complexity index is 415. The summed E-state index contributed by atoms with van der Waals surface area (Å²) in [7, 11) is 1.43. The first-order valence-electron chi connectivity index (χ1n) is 5.16. The summed E-state index contributed by atoms with van der Waals surface area (Å²) >= 11 is 9.30. The first kappa shape index (κ1) is 11.9. The molecule has 0 heterocycles. The van der Waals surface area contributed by atoms with Crippen molar-refractivity contribution in [1.82, 2.24) is 0 Å². The molecule has 0 aliphatic heterocycles. The van der Waals surface area contributed by atoms with Gasteiger partial charge < -0.3 is 4.74 Å². The predicted octanol–water partition coefficient (Wildman–Crippen LogP) is 3.77. The van der Waals surface area contributed by atoms with Crippen LogP contribution in [0.3, 0.4) is 0 Å². The fourth-order valence-corrected chi connectivity index (χ4v) is 2.38. The number of hydrogen-bond donors (Lipinski definition) is 0. The zero-order valence-corrected chi connectivity index (χ0v) is 11.2. The van der Waals surface area contributed by atoms with Gasteiger partial charge in [-0.2, -0.15) is 0 Å². The number of carbonyl (C=O) groups is 1. The molecular weight excluding hydrogens is 291 g/mol. The van der Waals surface area contributed by atoms with Crippen LogP contribution in [0.2, 0.25) is 5.02 Å². The third kappa shape index (κ3) is 2.41. The van der Waals surface area contributed by atoms with Gasteiger partial charge in [-0.05, 0) is 52.4 Å². The monoisotopic (exact) mass is 302 g/mol. The third-order valence-corrected chi connectivity index (χ3v) is 4.07. The molecule has 2 nitrogen and oxygen atoms in total. The number of hydrogen-bond acceptors (Lipinski definition) is 2. The van der Waals surface area contributed by atoms with Crippen molar-refractivity contribution < 1.29 is 9.53 Å². The summed E-state index contributed by atoms with van der Waals surface area (Å²) in [6, 6.07) is 5.61. The van der Waals surface area contributed by atoms with E-state index in [0.29, 0.717) is 10.9 Å². The topological polar surface area (TPSA) is 26.3 Å². The Morgan fingerprint density at radius 3 is 2.75 bits per heavy atom. The molecule has 1 aliphatic rings. The molecule has 0 radical (unpaired) electrons. The Hall–Kier alpha value is -0.540. The van der Waals surface area contributed by atoms with E-state index < -0.39 is 0 Å². The van der Waals surface area contributed by atoms with E-state index in [9.17, 15) is 4.79 Å². The van der Waals surface area contributed by atoms with Crippen LogP contribution in [0.4, 0.5) is 0 Å². The van der Waals surface area contributed by atoms with Gasteiger partial charge in [-0.25, -0.2) is 0 Å². The summed E-state index contributed by atoms with van der Waals surface area (Å²) in [6.07, 6.45) is 2.19. The molecular formula is C12H12BrClO2. The van der Waals surface area contributed by atoms with Gasteiger partial charge in [0.25, 0.3) is 0 Å². The number of ether oxygens (including phenoxy) is 1. The van der Waals surface area contributed by atoms with Gasteiger partial charge in [-0.1, -0.05) is 17.7 Å². The van der Waals surface area contributed by atoms with Crippen LogP contribution in [0.25, 0.3) is 0 Å². The maximum atomic E-state index is 11.7. The first-order chi connectivity index (χ1) is 7.63. The van der Waals surface area contributed by atoms with Crippen molar-refractivity contribution in [3.63, 3.8) is 0 Å². The highest BCUT2D eigenvalue weighted by Gasteiger charge is 2.38. The molecule has 2 rings (SSSR count). The highest BCUT2D eigenvalue weighted by molar-refractivity contribution is 9.10. The zero-order valence-electron chi connectivity index (χ0n) is 8.87. The maximum absolute atomic E-state index is 11.7. The molecule has 0 N–H and O–H groups in total. The smallest absolute Gasteiger partial charge is 0.313 e. The molecule has 1 fully saturated rings. The molecule has 0 amide bonds. The Morgan fingerprint density at radius 1 is 1.56 bits per heavy atom. The number of methoxy groups -OCH3 is 1. The van der Waals surface area contributed by atoms with Crippen molar-refractivity contribution in [2.75, 3.05) is 7.11 Å². The van der Waals surface area contributed by atoms with Crippen LogP contribution >= 0.6 is 27.5 Å². The minimum atomic E-state index is -0.156. The van der Waals surface area contributed by atoms with E-state index in [1.54, 1.807) is 6.07 Å². The Morgan fingerprint density at radius 2 is 2.25 bits per heavy atom. The van der Waals surface area contributed by atoms with Gasteiger partial charge in [0, 0.05) is 4.47 Å². The second-order valence-electron chi connectivity index (χ2n) is 4.01. The molecule has 1 aliphatic carbocycles. The Kier molecular flexibility index (Phi) is 3.55. The summed E-state index contributed by atoms with van der Waals surface area (Å²) in [6.45, 7) is 0. The quantitative estimate of drug-likeness (QED) is 0.795. The fraction of sp³-hybridized carbons (Fsp3) is 0.417. The van der Waals surface area contributed by atoms with Crippen molar-refractivity contribution in [1.29, 1.82) is 0 Å². The van der Waals surface area contributed by atoms with Gasteiger partial charge in [0.2, 0.25) is 0 Å². The normalized spacial score (nSPS) is 16.9. The minimum Gasteiger partial charge on any atom is -0.469 e. The van der Waals surface area contributed by atoms with E-state index in [1.807, 2.05) is 12.1 Å². The van der Waals surface area contributed by atoms with Crippen molar-refractivity contribution in [3.05, 3.63) is 33.3 Å². The van der Waals surface area contributed by atoms with E-state index in [4.69, 9.17) is 16.3 Å². The number of halogens is 2. The fourth-order valence-electron chi connectivity index (χ4n) is 1.86. The van der Waals surface area contributed by atoms with Gasteiger partial charge >= 0.3 is 5.97 Å². The Labute approximate surface area is 108 Å². The third-order valence-electron chi connectivity index (χ3n) is 2.85. The number of rotatable bonds is 3. The summed E-state index contributed by atoms with van der Waals surface area (Å²) in [4.78, 5) is 11.7. The molecule has 1 saturated carbocycles. The second kappa shape index (κ2) is 4.76. The van der Waals surface area contributed by atoms with Crippen molar-refractivity contribution in [3.8, 4) is 0 Å². The van der Waals surface area contributed by atoms with E-state index in [1.165, 1.54) is 7.11 Å². The van der Waals surface area contributed by atoms with Crippen molar-refractivity contribution >= 4 is 33.5 Å². The molecule has 1 atom stereocenters. The molecule has 0 bridgehead atoms. The minimum absolute atomic E-state index is 0.140. The molecule has 16 heavy (non-hydrogen) atoms. The molecule has 0 aromatic heterocycles. The van der Waals surface area contributed by atoms with Crippen LogP contribution < -0.4 is 0 Å². The molecule has 1 aromatic carbocycles. The maximum Gasteiger partial charge on any atom is 0.313 e. The molecule has 1 unspecified atom stereocenters. The van der Waals surface area contributed by atoms with Crippen LogP contribution in [-0.2, 0) is 9.53 Å². The molecule has 0 saturated heterocycles. The molecule has 1 aromatic rings. The van der Waals surface area contributed by atoms with Gasteiger partial charge in [-0.15, -0.1) is 0 Å². The van der Waals surface area contributed by atoms with Gasteiger partial charge in [0.15, 0.2) is 0 Å².